The molecule has 2 rings (SSSR count). The van der Waals surface area contributed by atoms with Crippen molar-refractivity contribution >= 4 is 12.1 Å². The molecule has 1 amide bonds. The van der Waals surface area contributed by atoms with Crippen molar-refractivity contribution in [3.05, 3.63) is 35.9 Å². The quantitative estimate of drug-likeness (QED) is 0.779. The van der Waals surface area contributed by atoms with Crippen LogP contribution in [0, 0.1) is 0 Å². The van der Waals surface area contributed by atoms with E-state index in [9.17, 15) is 9.59 Å². The highest BCUT2D eigenvalue weighted by Gasteiger charge is 2.47. The van der Waals surface area contributed by atoms with Gasteiger partial charge in [0.1, 0.15) is 11.7 Å². The highest BCUT2D eigenvalue weighted by Crippen LogP contribution is 2.27. The van der Waals surface area contributed by atoms with Gasteiger partial charge in [-0.15, -0.1) is 0 Å². The molecule has 1 fully saturated rings. The molecule has 0 bridgehead atoms. The van der Waals surface area contributed by atoms with E-state index >= 15 is 0 Å². The number of rotatable bonds is 5. The molecule has 0 aromatic heterocycles. The van der Waals surface area contributed by atoms with Gasteiger partial charge in [0.15, 0.2) is 6.04 Å². The molecule has 0 spiro atoms. The Hall–Kier alpha value is -2.04. The summed E-state index contributed by atoms with van der Waals surface area (Å²) in [5.41, 5.74) is 0.355. The van der Waals surface area contributed by atoms with Gasteiger partial charge in [-0.3, -0.25) is 4.90 Å². The Kier molecular flexibility index (Phi) is 5.29. The number of hydrogen-bond acceptors (Lipinski definition) is 4. The van der Waals surface area contributed by atoms with E-state index in [4.69, 9.17) is 9.47 Å². The maximum atomic E-state index is 12.6. The number of amides is 1. The summed E-state index contributed by atoms with van der Waals surface area (Å²) in [4.78, 5) is 26.3. The van der Waals surface area contributed by atoms with Gasteiger partial charge in [-0.1, -0.05) is 43.7 Å². The van der Waals surface area contributed by atoms with E-state index in [0.29, 0.717) is 13.0 Å². The summed E-state index contributed by atoms with van der Waals surface area (Å²) >= 11 is 0. The summed E-state index contributed by atoms with van der Waals surface area (Å²) in [6, 6.07) is 8.88. The molecule has 1 aliphatic heterocycles. The first-order valence-electron chi connectivity index (χ1n) is 8.06. The van der Waals surface area contributed by atoms with Crippen LogP contribution in [0.15, 0.2) is 30.3 Å². The van der Waals surface area contributed by atoms with Crippen LogP contribution < -0.4 is 0 Å². The lowest BCUT2D eigenvalue weighted by molar-refractivity contribution is -0.161. The number of nitrogens with zero attached hydrogens (tertiary/aromatic N) is 1. The Balaban J connectivity index is 2.22. The molecule has 0 aliphatic carbocycles. The van der Waals surface area contributed by atoms with Gasteiger partial charge in [0.05, 0.1) is 6.54 Å². The predicted octanol–water partition coefficient (Wildman–Crippen LogP) is 3.52. The molecule has 0 saturated carbocycles. The predicted molar refractivity (Wildman–Crippen MR) is 86.8 cm³/mol. The van der Waals surface area contributed by atoms with Crippen LogP contribution in [0.5, 0.6) is 0 Å². The molecule has 23 heavy (non-hydrogen) atoms. The van der Waals surface area contributed by atoms with Crippen molar-refractivity contribution in [3.8, 4) is 0 Å². The van der Waals surface area contributed by atoms with Crippen LogP contribution in [0.1, 0.15) is 46.1 Å². The van der Waals surface area contributed by atoms with E-state index in [2.05, 4.69) is 0 Å². The molecule has 0 radical (unpaired) electrons. The van der Waals surface area contributed by atoms with Gasteiger partial charge in [0.25, 0.3) is 0 Å². The minimum absolute atomic E-state index is 0.337. The minimum Gasteiger partial charge on any atom is -0.458 e. The maximum Gasteiger partial charge on any atom is 0.411 e. The Bertz CT molecular complexity index is 550. The first kappa shape index (κ1) is 17.3. The van der Waals surface area contributed by atoms with E-state index in [0.717, 1.165) is 12.0 Å². The minimum atomic E-state index is -0.693. The molecule has 126 valence electrons. The van der Waals surface area contributed by atoms with E-state index in [-0.39, 0.29) is 0 Å². The number of cyclic esters (lactones) is 1. The second kappa shape index (κ2) is 7.02. The SMILES string of the molecule is CCC[C@@H]1OC(=O)N(Cc2ccccc2)[C@H]1C(=O)OC(C)(C)C. The molecule has 2 atom stereocenters. The number of benzene rings is 1. The van der Waals surface area contributed by atoms with Gasteiger partial charge in [-0.2, -0.15) is 0 Å². The molecular weight excluding hydrogens is 294 g/mol. The number of ether oxygens (including phenoxy) is 2. The van der Waals surface area contributed by atoms with Crippen molar-refractivity contribution in [2.24, 2.45) is 0 Å². The Morgan fingerprint density at radius 2 is 1.91 bits per heavy atom. The number of esters is 1. The first-order valence-corrected chi connectivity index (χ1v) is 8.06. The van der Waals surface area contributed by atoms with Crippen LogP contribution in [0.4, 0.5) is 4.79 Å². The van der Waals surface area contributed by atoms with Crippen molar-refractivity contribution in [1.29, 1.82) is 0 Å². The summed E-state index contributed by atoms with van der Waals surface area (Å²) in [7, 11) is 0. The van der Waals surface area contributed by atoms with Gasteiger partial charge in [-0.25, -0.2) is 9.59 Å². The fourth-order valence-corrected chi connectivity index (χ4v) is 2.66. The zero-order valence-corrected chi connectivity index (χ0v) is 14.2. The molecular formula is C18H25NO4. The highest BCUT2D eigenvalue weighted by atomic mass is 16.6. The Morgan fingerprint density at radius 3 is 2.48 bits per heavy atom. The number of carbonyl (C=O) groups excluding carboxylic acids is 2. The average molecular weight is 319 g/mol. The van der Waals surface area contributed by atoms with Gasteiger partial charge >= 0.3 is 12.1 Å². The van der Waals surface area contributed by atoms with Crippen LogP contribution in [-0.2, 0) is 20.8 Å². The molecule has 0 N–H and O–H groups in total. The number of carbonyl (C=O) groups is 2. The summed E-state index contributed by atoms with van der Waals surface area (Å²) in [6.07, 6.45) is 0.561. The van der Waals surface area contributed by atoms with Crippen LogP contribution in [0.25, 0.3) is 0 Å². The third-order valence-electron chi connectivity index (χ3n) is 3.59. The second-order valence-corrected chi connectivity index (χ2v) is 6.80. The fraction of sp³-hybridized carbons (Fsp3) is 0.556. The zero-order chi connectivity index (χ0) is 17.0. The fourth-order valence-electron chi connectivity index (χ4n) is 2.66. The average Bonchev–Trinajstić information content (AvgIpc) is 2.75. The van der Waals surface area contributed by atoms with E-state index in [1.165, 1.54) is 4.90 Å². The van der Waals surface area contributed by atoms with Crippen molar-refractivity contribution in [3.63, 3.8) is 0 Å². The smallest absolute Gasteiger partial charge is 0.411 e. The molecule has 1 aromatic carbocycles. The lowest BCUT2D eigenvalue weighted by atomic mass is 10.0. The highest BCUT2D eigenvalue weighted by molar-refractivity contribution is 5.85. The first-order chi connectivity index (χ1) is 10.8. The largest absolute Gasteiger partial charge is 0.458 e. The van der Waals surface area contributed by atoms with Crippen molar-refractivity contribution < 1.29 is 19.1 Å². The van der Waals surface area contributed by atoms with Gasteiger partial charge in [0, 0.05) is 0 Å². The Labute approximate surface area is 137 Å². The normalized spacial score (nSPS) is 21.2. The van der Waals surface area contributed by atoms with Crippen molar-refractivity contribution in [2.45, 2.75) is 64.8 Å². The van der Waals surface area contributed by atoms with E-state index in [1.54, 1.807) is 0 Å². The topological polar surface area (TPSA) is 55.8 Å². The summed E-state index contributed by atoms with van der Waals surface area (Å²) in [5.74, 6) is -0.405. The molecule has 1 aromatic rings. The molecule has 1 aliphatic rings. The Morgan fingerprint density at radius 1 is 1.26 bits per heavy atom. The van der Waals surface area contributed by atoms with Gasteiger partial charge in [-0.05, 0) is 32.8 Å². The summed E-state index contributed by atoms with van der Waals surface area (Å²) in [5, 5.41) is 0. The monoisotopic (exact) mass is 319 g/mol. The lowest BCUT2D eigenvalue weighted by Gasteiger charge is -2.27. The van der Waals surface area contributed by atoms with Crippen LogP contribution in [0.3, 0.4) is 0 Å². The summed E-state index contributed by atoms with van der Waals surface area (Å²) in [6.45, 7) is 7.79. The van der Waals surface area contributed by atoms with E-state index < -0.39 is 29.8 Å². The molecule has 1 heterocycles. The molecule has 1 saturated heterocycles. The third kappa shape index (κ3) is 4.47. The van der Waals surface area contributed by atoms with Crippen molar-refractivity contribution in [2.75, 3.05) is 0 Å². The van der Waals surface area contributed by atoms with Crippen LogP contribution >= 0.6 is 0 Å². The molecule has 5 heteroatoms. The second-order valence-electron chi connectivity index (χ2n) is 6.80. The van der Waals surface area contributed by atoms with Crippen molar-refractivity contribution in [1.82, 2.24) is 4.90 Å². The van der Waals surface area contributed by atoms with Gasteiger partial charge in [0.2, 0.25) is 0 Å². The van der Waals surface area contributed by atoms with E-state index in [1.807, 2.05) is 58.0 Å². The lowest BCUT2D eigenvalue weighted by Crippen LogP contribution is -2.45. The number of hydrogen-bond donors (Lipinski definition) is 0. The zero-order valence-electron chi connectivity index (χ0n) is 14.2. The molecule has 0 unspecified atom stereocenters. The maximum absolute atomic E-state index is 12.6. The molecule has 5 nitrogen and oxygen atoms in total. The summed E-state index contributed by atoms with van der Waals surface area (Å²) < 4.78 is 10.9. The van der Waals surface area contributed by atoms with Crippen LogP contribution in [0.2, 0.25) is 0 Å². The van der Waals surface area contributed by atoms with Crippen LogP contribution in [-0.4, -0.2) is 34.7 Å². The van der Waals surface area contributed by atoms with Gasteiger partial charge < -0.3 is 9.47 Å². The third-order valence-corrected chi connectivity index (χ3v) is 3.59. The standard InChI is InChI=1S/C18H25NO4/c1-5-9-14-15(16(20)23-18(2,3)4)19(17(21)22-14)12-13-10-7-6-8-11-13/h6-8,10-11,14-15H,5,9,12H2,1-4H3/t14-,15+/m0/s1.